The molecule has 3 heteroatoms. The first-order valence-electron chi connectivity index (χ1n) is 9.54. The molecule has 0 saturated carbocycles. The van der Waals surface area contributed by atoms with Crippen LogP contribution in [0.2, 0.25) is 0 Å². The van der Waals surface area contributed by atoms with Gasteiger partial charge < -0.3 is 21.9 Å². The molecule has 2 aliphatic heterocycles. The Kier molecular flexibility index (Phi) is 5.30. The van der Waals surface area contributed by atoms with E-state index >= 15 is 0 Å². The van der Waals surface area contributed by atoms with E-state index in [4.69, 9.17) is 0 Å². The Morgan fingerprint density at radius 1 is 1.19 bits per heavy atom. The number of aryl methyl sites for hydroxylation is 1. The van der Waals surface area contributed by atoms with Crippen molar-refractivity contribution in [2.75, 3.05) is 11.4 Å². The minimum atomic E-state index is 0. The van der Waals surface area contributed by atoms with Crippen molar-refractivity contribution in [3.63, 3.8) is 0 Å². The molecule has 3 heterocycles. The Labute approximate surface area is 168 Å². The fraction of sp³-hybridized carbons (Fsp3) is 0.435. The highest BCUT2D eigenvalue weighted by Gasteiger charge is 2.36. The number of hydrogen-bond acceptors (Lipinski definition) is 1. The van der Waals surface area contributed by atoms with E-state index < -0.39 is 0 Å². The highest BCUT2D eigenvalue weighted by Crippen LogP contribution is 2.40. The van der Waals surface area contributed by atoms with Gasteiger partial charge in [-0.25, -0.2) is 0 Å². The number of pyridine rings is 1. The van der Waals surface area contributed by atoms with Crippen molar-refractivity contribution in [3.05, 3.63) is 59.4 Å². The lowest BCUT2D eigenvalue weighted by molar-refractivity contribution is -0.689. The van der Waals surface area contributed by atoms with Crippen molar-refractivity contribution in [3.8, 4) is 0 Å². The molecule has 0 bridgehead atoms. The number of anilines is 1. The van der Waals surface area contributed by atoms with Gasteiger partial charge in [-0.3, -0.25) is 0 Å². The van der Waals surface area contributed by atoms with Crippen LogP contribution in [-0.2, 0) is 13.0 Å². The summed E-state index contributed by atoms with van der Waals surface area (Å²) < 4.78 is 2.35. The van der Waals surface area contributed by atoms with Gasteiger partial charge >= 0.3 is 0 Å². The SMILES string of the molecule is CC(C)CN1c2ccc(/C=C3\CC[n+]4ccccc43)cc2CC1(C)C.[Br-]. The molecule has 2 nitrogen and oxygen atoms in total. The maximum atomic E-state index is 2.60. The first kappa shape index (κ1) is 19.2. The van der Waals surface area contributed by atoms with Gasteiger partial charge in [0.2, 0.25) is 5.69 Å². The van der Waals surface area contributed by atoms with E-state index in [1.165, 1.54) is 28.1 Å². The van der Waals surface area contributed by atoms with Crippen LogP contribution < -0.4 is 26.4 Å². The van der Waals surface area contributed by atoms with E-state index in [2.05, 4.69) is 85.8 Å². The zero-order valence-electron chi connectivity index (χ0n) is 16.3. The van der Waals surface area contributed by atoms with Crippen molar-refractivity contribution < 1.29 is 21.5 Å². The van der Waals surface area contributed by atoms with Gasteiger partial charge in [0.15, 0.2) is 12.7 Å². The number of nitrogens with zero attached hydrogens (tertiary/aromatic N) is 2. The maximum absolute atomic E-state index is 2.60. The average Bonchev–Trinajstić information content (AvgIpc) is 3.06. The Morgan fingerprint density at radius 2 is 2.00 bits per heavy atom. The lowest BCUT2D eigenvalue weighted by atomic mass is 9.97. The molecule has 0 saturated heterocycles. The molecule has 1 aromatic carbocycles. The minimum absolute atomic E-state index is 0. The molecule has 0 spiro atoms. The van der Waals surface area contributed by atoms with Crippen LogP contribution in [0, 0.1) is 5.92 Å². The van der Waals surface area contributed by atoms with E-state index in [0.29, 0.717) is 5.92 Å². The molecule has 138 valence electrons. The van der Waals surface area contributed by atoms with Crippen LogP contribution in [0.25, 0.3) is 11.6 Å². The van der Waals surface area contributed by atoms with Crippen LogP contribution in [-0.4, -0.2) is 12.1 Å². The minimum Gasteiger partial charge on any atom is -1.00 e. The molecule has 0 radical (unpaired) electrons. The van der Waals surface area contributed by atoms with Gasteiger partial charge in [-0.05, 0) is 61.6 Å². The Bertz CT molecular complexity index is 836. The highest BCUT2D eigenvalue weighted by molar-refractivity contribution is 5.80. The Hall–Kier alpha value is -1.61. The average molecular weight is 413 g/mol. The monoisotopic (exact) mass is 412 g/mol. The van der Waals surface area contributed by atoms with Gasteiger partial charge in [-0.1, -0.05) is 19.9 Å². The van der Waals surface area contributed by atoms with Crippen molar-refractivity contribution in [2.45, 2.75) is 52.6 Å². The number of rotatable bonds is 3. The lowest BCUT2D eigenvalue weighted by Crippen LogP contribution is -3.00. The smallest absolute Gasteiger partial charge is 0.208 e. The third-order valence-corrected chi connectivity index (χ3v) is 5.53. The van der Waals surface area contributed by atoms with Gasteiger partial charge in [0.25, 0.3) is 0 Å². The molecule has 1 aromatic heterocycles. The molecule has 0 atom stereocenters. The topological polar surface area (TPSA) is 7.12 Å². The lowest BCUT2D eigenvalue weighted by Gasteiger charge is -2.35. The van der Waals surface area contributed by atoms with E-state index in [1.807, 2.05) is 0 Å². The molecule has 0 unspecified atom stereocenters. The summed E-state index contributed by atoms with van der Waals surface area (Å²) in [6.45, 7) is 11.6. The summed E-state index contributed by atoms with van der Waals surface area (Å²) in [5.74, 6) is 0.680. The predicted octanol–water partition coefficient (Wildman–Crippen LogP) is 1.72. The summed E-state index contributed by atoms with van der Waals surface area (Å²) in [7, 11) is 0. The summed E-state index contributed by atoms with van der Waals surface area (Å²) >= 11 is 0. The van der Waals surface area contributed by atoms with Crippen molar-refractivity contribution in [1.29, 1.82) is 0 Å². The number of benzene rings is 1. The number of halogens is 1. The standard InChI is InChI=1S/C23H29N2.BrH/c1-17(2)16-25-22-9-8-18(14-20(22)15-23(25,3)4)13-19-10-12-24-11-6-5-7-21(19)24;/h5-9,11,13-14,17H,10,12,15-16H2,1-4H3;1H/q+1;/p-1. The molecule has 0 amide bonds. The fourth-order valence-electron chi connectivity index (χ4n) is 4.38. The number of allylic oxidation sites excluding steroid dienone is 1. The quantitative estimate of drug-likeness (QED) is 0.696. The summed E-state index contributed by atoms with van der Waals surface area (Å²) in [6, 6.07) is 13.5. The van der Waals surface area contributed by atoms with Gasteiger partial charge in [0, 0.05) is 41.9 Å². The predicted molar refractivity (Wildman–Crippen MR) is 106 cm³/mol. The third-order valence-electron chi connectivity index (χ3n) is 5.53. The van der Waals surface area contributed by atoms with Crippen molar-refractivity contribution in [2.24, 2.45) is 5.92 Å². The maximum Gasteiger partial charge on any atom is 0.208 e. The van der Waals surface area contributed by atoms with E-state index in [1.54, 1.807) is 0 Å². The number of aromatic nitrogens is 1. The van der Waals surface area contributed by atoms with Crippen LogP contribution in [0.5, 0.6) is 0 Å². The van der Waals surface area contributed by atoms with Crippen LogP contribution in [0.15, 0.2) is 42.6 Å². The van der Waals surface area contributed by atoms with E-state index in [9.17, 15) is 0 Å². The summed E-state index contributed by atoms with van der Waals surface area (Å²) in [5, 5.41) is 0. The van der Waals surface area contributed by atoms with Crippen molar-refractivity contribution in [1.82, 2.24) is 0 Å². The molecule has 2 aromatic rings. The highest BCUT2D eigenvalue weighted by atomic mass is 79.9. The first-order valence-corrected chi connectivity index (χ1v) is 9.54. The summed E-state index contributed by atoms with van der Waals surface area (Å²) in [5.41, 5.74) is 7.31. The third kappa shape index (κ3) is 3.46. The molecule has 26 heavy (non-hydrogen) atoms. The van der Waals surface area contributed by atoms with E-state index in [0.717, 1.165) is 25.9 Å². The van der Waals surface area contributed by atoms with E-state index in [-0.39, 0.29) is 22.5 Å². The van der Waals surface area contributed by atoms with Gasteiger partial charge in [0.1, 0.15) is 0 Å². The largest absolute Gasteiger partial charge is 1.00 e. The zero-order valence-corrected chi connectivity index (χ0v) is 17.9. The van der Waals surface area contributed by atoms with Crippen LogP contribution in [0.3, 0.4) is 0 Å². The van der Waals surface area contributed by atoms with Gasteiger partial charge in [-0.15, -0.1) is 0 Å². The molecule has 0 fully saturated rings. The van der Waals surface area contributed by atoms with Gasteiger partial charge in [-0.2, -0.15) is 4.57 Å². The van der Waals surface area contributed by atoms with Crippen molar-refractivity contribution >= 4 is 17.3 Å². The second-order valence-electron chi connectivity index (χ2n) is 8.58. The second kappa shape index (κ2) is 7.19. The summed E-state index contributed by atoms with van der Waals surface area (Å²) in [4.78, 5) is 2.60. The summed E-state index contributed by atoms with van der Waals surface area (Å²) in [6.07, 6.45) is 6.84. The fourth-order valence-corrected chi connectivity index (χ4v) is 4.38. The van der Waals surface area contributed by atoms with Crippen LogP contribution in [0.1, 0.15) is 50.9 Å². The normalized spacial score (nSPS) is 18.8. The van der Waals surface area contributed by atoms with Crippen LogP contribution in [0.4, 0.5) is 5.69 Å². The number of fused-ring (bicyclic) bond motifs is 2. The Balaban J connectivity index is 0.00000196. The molecular formula is C23H29BrN2. The number of hydrogen-bond donors (Lipinski definition) is 0. The molecule has 0 aliphatic carbocycles. The zero-order chi connectivity index (χ0) is 17.6. The first-order chi connectivity index (χ1) is 11.9. The Morgan fingerprint density at radius 3 is 2.77 bits per heavy atom. The molecule has 2 aliphatic rings. The molecule has 0 N–H and O–H groups in total. The second-order valence-corrected chi connectivity index (χ2v) is 8.58. The van der Waals surface area contributed by atoms with Crippen LogP contribution >= 0.6 is 0 Å². The van der Waals surface area contributed by atoms with Gasteiger partial charge in [0.05, 0.1) is 0 Å². The molecule has 4 rings (SSSR count). The molecular weight excluding hydrogens is 384 g/mol.